The Morgan fingerprint density at radius 3 is 2.58 bits per heavy atom. The van der Waals surface area contributed by atoms with Crippen LogP contribution in [0.2, 0.25) is 10.0 Å². The van der Waals surface area contributed by atoms with Crippen LogP contribution in [0.4, 0.5) is 0 Å². The highest BCUT2D eigenvalue weighted by molar-refractivity contribution is 6.37. The smallest absolute Gasteiger partial charge is 0.323 e. The number of aliphatic carboxylic acids is 1. The van der Waals surface area contributed by atoms with Gasteiger partial charge in [0.2, 0.25) is 0 Å². The fraction of sp³-hybridized carbons (Fsp3) is 0.267. The first-order valence-electron chi connectivity index (χ1n) is 6.95. The predicted octanol–water partition coefficient (Wildman–Crippen LogP) is 3.11. The van der Waals surface area contributed by atoms with Crippen LogP contribution < -0.4 is 4.74 Å². The number of para-hydroxylation sites is 1. The van der Waals surface area contributed by atoms with Gasteiger partial charge < -0.3 is 19.3 Å². The van der Waals surface area contributed by atoms with Gasteiger partial charge in [-0.2, -0.15) is 0 Å². The van der Waals surface area contributed by atoms with Crippen molar-refractivity contribution in [3.05, 3.63) is 45.8 Å². The molecule has 0 bridgehead atoms. The van der Waals surface area contributed by atoms with E-state index in [-0.39, 0.29) is 24.6 Å². The number of carbonyl (C=O) groups is 2. The first kappa shape index (κ1) is 18.1. The summed E-state index contributed by atoms with van der Waals surface area (Å²) in [5, 5.41) is 13.1. The summed E-state index contributed by atoms with van der Waals surface area (Å²) < 4.78 is 10.5. The lowest BCUT2D eigenvalue weighted by Crippen LogP contribution is -2.35. The number of rotatable bonds is 7. The molecule has 1 heterocycles. The molecule has 9 heteroatoms. The van der Waals surface area contributed by atoms with Crippen molar-refractivity contribution in [3.63, 3.8) is 0 Å². The second-order valence-corrected chi connectivity index (χ2v) is 5.55. The van der Waals surface area contributed by atoms with E-state index in [4.69, 9.17) is 37.6 Å². The van der Waals surface area contributed by atoms with Crippen LogP contribution in [-0.4, -0.2) is 40.1 Å². The molecular weight excluding hydrogens is 359 g/mol. The Labute approximate surface area is 147 Å². The second kappa shape index (κ2) is 8.03. The Hall–Kier alpha value is -2.25. The molecule has 0 spiro atoms. The molecule has 24 heavy (non-hydrogen) atoms. The van der Waals surface area contributed by atoms with Crippen molar-refractivity contribution in [2.24, 2.45) is 0 Å². The Morgan fingerprint density at radius 2 is 2.00 bits per heavy atom. The number of hydrogen-bond acceptors (Lipinski definition) is 5. The van der Waals surface area contributed by atoms with Gasteiger partial charge in [-0.15, -0.1) is 0 Å². The molecule has 0 radical (unpaired) electrons. The maximum absolute atomic E-state index is 12.2. The summed E-state index contributed by atoms with van der Waals surface area (Å²) in [4.78, 5) is 24.0. The SMILES string of the molecule is CCN(CC(=O)O)C(=O)c1cc(COc2c(Cl)cccc2Cl)on1. The molecule has 0 fully saturated rings. The number of halogens is 2. The summed E-state index contributed by atoms with van der Waals surface area (Å²) in [6.45, 7) is 1.46. The number of amides is 1. The molecule has 0 saturated carbocycles. The summed E-state index contributed by atoms with van der Waals surface area (Å²) in [6.07, 6.45) is 0. The van der Waals surface area contributed by atoms with Crippen molar-refractivity contribution in [3.8, 4) is 5.75 Å². The number of hydrogen-bond donors (Lipinski definition) is 1. The van der Waals surface area contributed by atoms with E-state index >= 15 is 0 Å². The quantitative estimate of drug-likeness (QED) is 0.802. The predicted molar refractivity (Wildman–Crippen MR) is 86.5 cm³/mol. The van der Waals surface area contributed by atoms with Crippen molar-refractivity contribution >= 4 is 35.1 Å². The van der Waals surface area contributed by atoms with Crippen LogP contribution in [-0.2, 0) is 11.4 Å². The fourth-order valence-corrected chi connectivity index (χ4v) is 2.40. The average molecular weight is 373 g/mol. The number of carboxylic acid groups (broad SMARTS) is 1. The highest BCUT2D eigenvalue weighted by Crippen LogP contribution is 2.32. The molecule has 0 unspecified atom stereocenters. The average Bonchev–Trinajstić information content (AvgIpc) is 3.00. The van der Waals surface area contributed by atoms with Gasteiger partial charge in [-0.25, -0.2) is 0 Å². The van der Waals surface area contributed by atoms with Gasteiger partial charge >= 0.3 is 5.97 Å². The molecular formula is C15H14Cl2N2O5. The van der Waals surface area contributed by atoms with Crippen molar-refractivity contribution in [2.75, 3.05) is 13.1 Å². The third-order valence-electron chi connectivity index (χ3n) is 3.05. The zero-order valence-corrected chi connectivity index (χ0v) is 14.2. The Morgan fingerprint density at radius 1 is 1.33 bits per heavy atom. The van der Waals surface area contributed by atoms with E-state index in [0.29, 0.717) is 15.8 Å². The lowest BCUT2D eigenvalue weighted by Gasteiger charge is -2.16. The van der Waals surface area contributed by atoms with E-state index < -0.39 is 18.4 Å². The highest BCUT2D eigenvalue weighted by atomic mass is 35.5. The van der Waals surface area contributed by atoms with Crippen molar-refractivity contribution in [2.45, 2.75) is 13.5 Å². The number of ether oxygens (including phenoxy) is 1. The minimum atomic E-state index is -1.11. The number of benzene rings is 1. The van der Waals surface area contributed by atoms with Crippen LogP contribution in [0.25, 0.3) is 0 Å². The van der Waals surface area contributed by atoms with E-state index in [1.165, 1.54) is 6.07 Å². The molecule has 1 amide bonds. The molecule has 2 rings (SSSR count). The zero-order chi connectivity index (χ0) is 17.7. The van der Waals surface area contributed by atoms with Gasteiger partial charge in [0.25, 0.3) is 5.91 Å². The van der Waals surface area contributed by atoms with E-state index in [1.807, 2.05) is 0 Å². The molecule has 2 aromatic rings. The Balaban J connectivity index is 2.05. The maximum Gasteiger partial charge on any atom is 0.323 e. The van der Waals surface area contributed by atoms with Gasteiger partial charge in [0.1, 0.15) is 13.2 Å². The largest absolute Gasteiger partial charge is 0.482 e. The van der Waals surface area contributed by atoms with Gasteiger partial charge in [0, 0.05) is 12.6 Å². The van der Waals surface area contributed by atoms with Crippen LogP contribution in [0, 0.1) is 0 Å². The molecule has 1 N–H and O–H groups in total. The monoisotopic (exact) mass is 372 g/mol. The lowest BCUT2D eigenvalue weighted by atomic mass is 10.3. The van der Waals surface area contributed by atoms with Crippen LogP contribution in [0.1, 0.15) is 23.2 Å². The number of likely N-dealkylation sites (N-methyl/N-ethyl adjacent to an activating group) is 1. The standard InChI is InChI=1S/C15H14Cl2N2O5/c1-2-19(7-13(20)21)15(22)12-6-9(24-18-12)8-23-14-10(16)4-3-5-11(14)17/h3-6H,2,7-8H2,1H3,(H,20,21). The van der Waals surface area contributed by atoms with Crippen molar-refractivity contribution in [1.29, 1.82) is 0 Å². The lowest BCUT2D eigenvalue weighted by molar-refractivity contribution is -0.137. The van der Waals surface area contributed by atoms with Crippen LogP contribution in [0.3, 0.4) is 0 Å². The summed E-state index contributed by atoms with van der Waals surface area (Å²) in [5.41, 5.74) is 0.00181. The van der Waals surface area contributed by atoms with Crippen LogP contribution in [0.5, 0.6) is 5.75 Å². The Bertz CT molecular complexity index is 727. The normalized spacial score (nSPS) is 10.5. The van der Waals surface area contributed by atoms with E-state index in [1.54, 1.807) is 25.1 Å². The summed E-state index contributed by atoms with van der Waals surface area (Å²) in [5.74, 6) is -1.07. The summed E-state index contributed by atoms with van der Waals surface area (Å²) in [6, 6.07) is 6.33. The minimum Gasteiger partial charge on any atom is -0.482 e. The Kier molecular flexibility index (Phi) is 6.05. The molecule has 128 valence electrons. The minimum absolute atomic E-state index is 0.00181. The maximum atomic E-state index is 12.2. The molecule has 7 nitrogen and oxygen atoms in total. The van der Waals surface area contributed by atoms with E-state index in [0.717, 1.165) is 4.90 Å². The number of nitrogens with zero attached hydrogens (tertiary/aromatic N) is 2. The first-order chi connectivity index (χ1) is 11.4. The molecule has 0 aliphatic heterocycles. The topological polar surface area (TPSA) is 92.9 Å². The van der Waals surface area contributed by atoms with E-state index in [2.05, 4.69) is 5.16 Å². The molecule has 0 saturated heterocycles. The zero-order valence-electron chi connectivity index (χ0n) is 12.7. The fourth-order valence-electron chi connectivity index (χ4n) is 1.90. The number of aromatic nitrogens is 1. The van der Waals surface area contributed by atoms with Gasteiger partial charge in [0.05, 0.1) is 10.0 Å². The second-order valence-electron chi connectivity index (χ2n) is 4.73. The number of carbonyl (C=O) groups excluding carboxylic acids is 1. The first-order valence-corrected chi connectivity index (χ1v) is 7.71. The van der Waals surface area contributed by atoms with Gasteiger partial charge in [-0.1, -0.05) is 34.4 Å². The van der Waals surface area contributed by atoms with Gasteiger partial charge in [0.15, 0.2) is 17.2 Å². The van der Waals surface area contributed by atoms with Crippen molar-refractivity contribution in [1.82, 2.24) is 10.1 Å². The third-order valence-corrected chi connectivity index (χ3v) is 3.65. The molecule has 0 aliphatic carbocycles. The summed E-state index contributed by atoms with van der Waals surface area (Å²) in [7, 11) is 0. The number of carboxylic acids is 1. The van der Waals surface area contributed by atoms with Gasteiger partial charge in [-0.3, -0.25) is 9.59 Å². The van der Waals surface area contributed by atoms with E-state index in [9.17, 15) is 9.59 Å². The molecule has 0 aliphatic rings. The van der Waals surface area contributed by atoms with Gasteiger partial charge in [-0.05, 0) is 19.1 Å². The summed E-state index contributed by atoms with van der Waals surface area (Å²) >= 11 is 12.0. The third kappa shape index (κ3) is 4.39. The highest BCUT2D eigenvalue weighted by Gasteiger charge is 2.21. The molecule has 1 aromatic carbocycles. The van der Waals surface area contributed by atoms with Crippen molar-refractivity contribution < 1.29 is 24.0 Å². The van der Waals surface area contributed by atoms with Crippen LogP contribution in [0.15, 0.2) is 28.8 Å². The molecule has 1 aromatic heterocycles. The van der Waals surface area contributed by atoms with Crippen LogP contribution >= 0.6 is 23.2 Å². The molecule has 0 atom stereocenters.